The van der Waals surface area contributed by atoms with Crippen LogP contribution in [-0.2, 0) is 0 Å². The maximum atomic E-state index is 3.75. The highest BCUT2D eigenvalue weighted by Gasteiger charge is 1.73. The minimum atomic E-state index is 1.28. The first-order chi connectivity index (χ1) is 2.89. The standard InChI is InChI=1S/C2H2N3S/c6-5-2-1-3-4-5/h2,6H. The van der Waals surface area contributed by atoms with Gasteiger partial charge in [0.2, 0.25) is 0 Å². The van der Waals surface area contributed by atoms with Crippen LogP contribution >= 0.6 is 12.8 Å². The normalized spacial score (nSPS) is 8.83. The van der Waals surface area contributed by atoms with E-state index in [0.717, 1.165) is 0 Å². The van der Waals surface area contributed by atoms with Gasteiger partial charge in [-0.3, -0.25) is 0 Å². The van der Waals surface area contributed by atoms with Crippen molar-refractivity contribution in [2.24, 2.45) is 0 Å². The Balaban J connectivity index is 3.05. The molecular weight excluding hydrogens is 98.1 g/mol. The number of rotatable bonds is 0. The van der Waals surface area contributed by atoms with Crippen molar-refractivity contribution in [3.05, 3.63) is 12.4 Å². The molecule has 0 atom stereocenters. The van der Waals surface area contributed by atoms with Crippen LogP contribution in [0.15, 0.2) is 6.20 Å². The molecule has 0 aliphatic rings. The van der Waals surface area contributed by atoms with Crippen LogP contribution in [0.4, 0.5) is 0 Å². The second-order valence-electron chi connectivity index (χ2n) is 0.768. The average Bonchev–Trinajstić information content (AvgIpc) is 1.86. The highest BCUT2D eigenvalue weighted by Crippen LogP contribution is 1.75. The van der Waals surface area contributed by atoms with Crippen LogP contribution in [0.2, 0.25) is 0 Å². The van der Waals surface area contributed by atoms with Gasteiger partial charge in [-0.15, -0.1) is 5.10 Å². The maximum Gasteiger partial charge on any atom is 0.136 e. The average molecular weight is 100 g/mol. The van der Waals surface area contributed by atoms with Crippen molar-refractivity contribution in [2.45, 2.75) is 0 Å². The molecule has 0 fully saturated rings. The van der Waals surface area contributed by atoms with Gasteiger partial charge in [0.05, 0.1) is 6.20 Å². The van der Waals surface area contributed by atoms with E-state index >= 15 is 0 Å². The van der Waals surface area contributed by atoms with Gasteiger partial charge in [-0.1, -0.05) is 5.21 Å². The number of hydrogen-bond acceptors (Lipinski definition) is 3. The second-order valence-corrected chi connectivity index (χ2v) is 1.18. The van der Waals surface area contributed by atoms with E-state index in [1.54, 1.807) is 0 Å². The molecule has 6 heavy (non-hydrogen) atoms. The number of thiol groups is 1. The molecule has 0 saturated carbocycles. The van der Waals surface area contributed by atoms with E-state index in [-0.39, 0.29) is 0 Å². The van der Waals surface area contributed by atoms with Gasteiger partial charge in [0.1, 0.15) is 6.20 Å². The van der Waals surface area contributed by atoms with Gasteiger partial charge in [0.15, 0.2) is 0 Å². The number of nitrogens with zero attached hydrogens (tertiary/aromatic N) is 3. The van der Waals surface area contributed by atoms with Crippen LogP contribution in [0.25, 0.3) is 0 Å². The summed E-state index contributed by atoms with van der Waals surface area (Å²) in [4.78, 5) is 0. The molecule has 0 amide bonds. The van der Waals surface area contributed by atoms with Gasteiger partial charge >= 0.3 is 0 Å². The van der Waals surface area contributed by atoms with Gasteiger partial charge in [-0.25, -0.2) is 0 Å². The van der Waals surface area contributed by atoms with Crippen molar-refractivity contribution in [3.63, 3.8) is 0 Å². The smallest absolute Gasteiger partial charge is 0.136 e. The Kier molecular flexibility index (Phi) is 0.795. The van der Waals surface area contributed by atoms with Crippen molar-refractivity contribution in [1.82, 2.24) is 14.4 Å². The molecule has 1 heterocycles. The fourth-order valence-electron chi connectivity index (χ4n) is 0.175. The lowest BCUT2D eigenvalue weighted by Gasteiger charge is -1.71. The molecule has 0 N–H and O–H groups in total. The van der Waals surface area contributed by atoms with Crippen LogP contribution in [0.1, 0.15) is 0 Å². The Morgan fingerprint density at radius 1 is 1.83 bits per heavy atom. The minimum Gasteiger partial charge on any atom is -0.196 e. The minimum absolute atomic E-state index is 1.28. The van der Waals surface area contributed by atoms with Crippen molar-refractivity contribution in [3.8, 4) is 0 Å². The molecule has 0 aliphatic carbocycles. The highest BCUT2D eigenvalue weighted by molar-refractivity contribution is 7.78. The monoisotopic (exact) mass is 100.0 g/mol. The quantitative estimate of drug-likeness (QED) is 0.456. The Bertz CT molecular complexity index is 112. The Morgan fingerprint density at radius 2 is 2.67 bits per heavy atom. The summed E-state index contributed by atoms with van der Waals surface area (Å²) in [5.41, 5.74) is 0. The van der Waals surface area contributed by atoms with Gasteiger partial charge in [0.25, 0.3) is 0 Å². The second kappa shape index (κ2) is 1.30. The summed E-state index contributed by atoms with van der Waals surface area (Å²) in [5, 5.41) is 6.73. The van der Waals surface area contributed by atoms with Gasteiger partial charge in [-0.05, 0) is 12.8 Å². The zero-order valence-corrected chi connectivity index (χ0v) is 3.76. The molecule has 1 aromatic rings. The molecule has 0 unspecified atom stereocenters. The zero-order chi connectivity index (χ0) is 4.41. The fraction of sp³-hybridized carbons (Fsp3) is 0. The summed E-state index contributed by atoms with van der Waals surface area (Å²) >= 11 is 3.75. The van der Waals surface area contributed by atoms with Crippen molar-refractivity contribution < 1.29 is 0 Å². The van der Waals surface area contributed by atoms with Crippen molar-refractivity contribution in [2.75, 3.05) is 0 Å². The highest BCUT2D eigenvalue weighted by atomic mass is 32.1. The summed E-state index contributed by atoms with van der Waals surface area (Å²) in [6.07, 6.45) is 3.97. The summed E-state index contributed by atoms with van der Waals surface area (Å²) in [6, 6.07) is 0. The van der Waals surface area contributed by atoms with E-state index in [0.29, 0.717) is 0 Å². The lowest BCUT2D eigenvalue weighted by Crippen LogP contribution is -1.77. The summed E-state index contributed by atoms with van der Waals surface area (Å²) < 4.78 is 1.28. The molecule has 1 radical (unpaired) electrons. The topological polar surface area (TPSA) is 30.7 Å². The van der Waals surface area contributed by atoms with Crippen LogP contribution in [-0.4, -0.2) is 14.4 Å². The molecule has 0 aliphatic heterocycles. The van der Waals surface area contributed by atoms with Crippen LogP contribution in [0.5, 0.6) is 0 Å². The zero-order valence-electron chi connectivity index (χ0n) is 2.87. The first-order valence-electron chi connectivity index (χ1n) is 1.37. The Morgan fingerprint density at radius 3 is 2.83 bits per heavy atom. The number of aromatic nitrogens is 3. The van der Waals surface area contributed by atoms with E-state index in [4.69, 9.17) is 0 Å². The summed E-state index contributed by atoms with van der Waals surface area (Å²) in [5.74, 6) is 0. The predicted octanol–water partition coefficient (Wildman–Crippen LogP) is -0.229. The Hall–Kier alpha value is -0.510. The predicted molar refractivity (Wildman–Crippen MR) is 23.2 cm³/mol. The van der Waals surface area contributed by atoms with E-state index in [2.05, 4.69) is 29.3 Å². The van der Waals surface area contributed by atoms with Gasteiger partial charge in [0, 0.05) is 0 Å². The maximum absolute atomic E-state index is 3.75. The first-order valence-corrected chi connectivity index (χ1v) is 1.77. The summed E-state index contributed by atoms with van der Waals surface area (Å²) in [7, 11) is 0. The number of hydrogen-bond donors (Lipinski definition) is 1. The van der Waals surface area contributed by atoms with Gasteiger partial charge in [-0.2, -0.15) is 4.09 Å². The van der Waals surface area contributed by atoms with E-state index in [1.165, 1.54) is 10.3 Å². The van der Waals surface area contributed by atoms with Crippen LogP contribution in [0.3, 0.4) is 0 Å². The molecule has 4 heteroatoms. The molecule has 0 bridgehead atoms. The molecule has 1 aromatic heterocycles. The Labute approximate surface area is 40.5 Å². The van der Waals surface area contributed by atoms with E-state index in [1.807, 2.05) is 0 Å². The first kappa shape index (κ1) is 3.67. The third kappa shape index (κ3) is 0.514. The molecule has 1 rings (SSSR count). The molecule has 0 aromatic carbocycles. The summed E-state index contributed by atoms with van der Waals surface area (Å²) in [6.45, 7) is 0. The van der Waals surface area contributed by atoms with E-state index < -0.39 is 0 Å². The fourth-order valence-corrected chi connectivity index (χ4v) is 0.267. The van der Waals surface area contributed by atoms with Crippen LogP contribution < -0.4 is 0 Å². The molecule has 31 valence electrons. The molecule has 0 spiro atoms. The molecule has 3 nitrogen and oxygen atoms in total. The van der Waals surface area contributed by atoms with Gasteiger partial charge < -0.3 is 0 Å². The van der Waals surface area contributed by atoms with Crippen molar-refractivity contribution >= 4 is 12.8 Å². The third-order valence-corrected chi connectivity index (χ3v) is 0.563. The third-order valence-electron chi connectivity index (χ3n) is 0.367. The lowest BCUT2D eigenvalue weighted by molar-refractivity contribution is 0.895. The van der Waals surface area contributed by atoms with E-state index in [9.17, 15) is 0 Å². The van der Waals surface area contributed by atoms with Crippen LogP contribution in [0, 0.1) is 6.20 Å². The SMILES string of the molecule is Sn1c[c]nn1. The van der Waals surface area contributed by atoms with Crippen molar-refractivity contribution in [1.29, 1.82) is 0 Å². The lowest BCUT2D eigenvalue weighted by atomic mass is 11.0. The molecule has 0 saturated heterocycles. The largest absolute Gasteiger partial charge is 0.196 e. The molecular formula is C2H2N3S.